The molecule has 1 N–H and O–H groups in total. The molecule has 0 amide bonds. The van der Waals surface area contributed by atoms with Crippen LogP contribution in [0.5, 0.6) is 0 Å². The molecule has 1 aliphatic rings. The Kier molecular flexibility index (Phi) is 3.44. The van der Waals surface area contributed by atoms with Gasteiger partial charge in [-0.2, -0.15) is 0 Å². The average Bonchev–Trinajstić information content (AvgIpc) is 2.28. The fourth-order valence-corrected chi connectivity index (χ4v) is 2.07. The third-order valence-corrected chi connectivity index (χ3v) is 3.61. The van der Waals surface area contributed by atoms with Gasteiger partial charge in [-0.1, -0.05) is 18.1 Å². The normalized spacial score (nSPS) is 23.0. The molecule has 0 aromatic rings. The highest BCUT2D eigenvalue weighted by atomic mass is 14.9. The third kappa shape index (κ3) is 2.72. The van der Waals surface area contributed by atoms with E-state index in [1.165, 1.54) is 11.1 Å². The molecule has 0 bridgehead atoms. The summed E-state index contributed by atoms with van der Waals surface area (Å²) in [7, 11) is 0. The van der Waals surface area contributed by atoms with Crippen molar-refractivity contribution < 1.29 is 0 Å². The van der Waals surface area contributed by atoms with Crippen molar-refractivity contribution in [3.8, 4) is 0 Å². The van der Waals surface area contributed by atoms with Crippen molar-refractivity contribution in [3.63, 3.8) is 0 Å². The molecule has 1 nitrogen and oxygen atoms in total. The Bertz CT molecular complexity index is 313. The van der Waals surface area contributed by atoms with Gasteiger partial charge in [0.1, 0.15) is 0 Å². The van der Waals surface area contributed by atoms with E-state index in [9.17, 15) is 0 Å². The SMILES string of the molecule is CC1=C(C)C(C)C(C)=C1CNC(C)(C)C. The molecule has 0 fully saturated rings. The second-order valence-corrected chi connectivity index (χ2v) is 5.79. The topological polar surface area (TPSA) is 12.0 Å². The quantitative estimate of drug-likeness (QED) is 0.728. The van der Waals surface area contributed by atoms with E-state index in [-0.39, 0.29) is 5.54 Å². The number of rotatable bonds is 2. The van der Waals surface area contributed by atoms with E-state index in [1.807, 2.05) is 0 Å². The molecule has 0 spiro atoms. The summed E-state index contributed by atoms with van der Waals surface area (Å²) in [5, 5.41) is 3.57. The van der Waals surface area contributed by atoms with Gasteiger partial charge in [0, 0.05) is 12.1 Å². The molecule has 0 aromatic heterocycles. The van der Waals surface area contributed by atoms with Crippen LogP contribution in [0.4, 0.5) is 0 Å². The number of hydrogen-bond acceptors (Lipinski definition) is 1. The lowest BCUT2D eigenvalue weighted by molar-refractivity contribution is 0.445. The van der Waals surface area contributed by atoms with Crippen LogP contribution in [0.25, 0.3) is 0 Å². The predicted octanol–water partition coefficient (Wildman–Crippen LogP) is 3.68. The highest BCUT2D eigenvalue weighted by molar-refractivity contribution is 5.47. The van der Waals surface area contributed by atoms with Crippen LogP contribution < -0.4 is 5.32 Å². The molecule has 15 heavy (non-hydrogen) atoms. The van der Waals surface area contributed by atoms with Crippen molar-refractivity contribution in [2.24, 2.45) is 5.92 Å². The van der Waals surface area contributed by atoms with Crippen molar-refractivity contribution in [2.75, 3.05) is 6.54 Å². The van der Waals surface area contributed by atoms with Crippen molar-refractivity contribution in [2.45, 2.75) is 54.0 Å². The van der Waals surface area contributed by atoms with Gasteiger partial charge in [-0.25, -0.2) is 0 Å². The second kappa shape index (κ2) is 4.13. The summed E-state index contributed by atoms with van der Waals surface area (Å²) in [6.07, 6.45) is 0. The molecule has 1 atom stereocenters. The van der Waals surface area contributed by atoms with E-state index in [2.05, 4.69) is 53.8 Å². The minimum atomic E-state index is 0.202. The smallest absolute Gasteiger partial charge is 0.0212 e. The maximum Gasteiger partial charge on any atom is 0.0212 e. The molecule has 1 heteroatoms. The molecule has 0 radical (unpaired) electrons. The molecule has 0 saturated carbocycles. The van der Waals surface area contributed by atoms with Crippen LogP contribution in [0.2, 0.25) is 0 Å². The molecule has 1 rings (SSSR count). The Morgan fingerprint density at radius 1 is 1.07 bits per heavy atom. The predicted molar refractivity (Wildman–Crippen MR) is 68.0 cm³/mol. The molecule has 86 valence electrons. The van der Waals surface area contributed by atoms with Crippen LogP contribution in [0, 0.1) is 5.92 Å². The molecule has 0 saturated heterocycles. The summed E-state index contributed by atoms with van der Waals surface area (Å²) in [5.74, 6) is 0.641. The Balaban J connectivity index is 2.78. The van der Waals surface area contributed by atoms with E-state index >= 15 is 0 Å². The van der Waals surface area contributed by atoms with E-state index < -0.39 is 0 Å². The first-order valence-corrected chi connectivity index (χ1v) is 5.86. The summed E-state index contributed by atoms with van der Waals surface area (Å²) in [6.45, 7) is 16.7. The summed E-state index contributed by atoms with van der Waals surface area (Å²) < 4.78 is 0. The zero-order valence-corrected chi connectivity index (χ0v) is 11.3. The van der Waals surface area contributed by atoms with Gasteiger partial charge >= 0.3 is 0 Å². The van der Waals surface area contributed by atoms with Crippen molar-refractivity contribution in [1.29, 1.82) is 0 Å². The maximum atomic E-state index is 3.57. The van der Waals surface area contributed by atoms with E-state index in [0.717, 1.165) is 6.54 Å². The standard InChI is InChI=1S/C14H25N/c1-9-10(2)12(4)13(11(9)3)8-15-14(5,6)7/h9,15H,8H2,1-7H3. The van der Waals surface area contributed by atoms with E-state index in [4.69, 9.17) is 0 Å². The molecule has 1 aliphatic carbocycles. The van der Waals surface area contributed by atoms with Crippen molar-refractivity contribution in [1.82, 2.24) is 5.32 Å². The Morgan fingerprint density at radius 3 is 1.93 bits per heavy atom. The summed E-state index contributed by atoms with van der Waals surface area (Å²) in [6, 6.07) is 0. The van der Waals surface area contributed by atoms with Gasteiger partial charge in [-0.15, -0.1) is 0 Å². The van der Waals surface area contributed by atoms with Crippen LogP contribution in [0.15, 0.2) is 22.3 Å². The lowest BCUT2D eigenvalue weighted by Gasteiger charge is -2.22. The molecular formula is C14H25N. The second-order valence-electron chi connectivity index (χ2n) is 5.79. The molecular weight excluding hydrogens is 182 g/mol. The largest absolute Gasteiger partial charge is 0.308 e. The van der Waals surface area contributed by atoms with Crippen molar-refractivity contribution in [3.05, 3.63) is 22.3 Å². The highest BCUT2D eigenvalue weighted by Gasteiger charge is 2.23. The molecule has 0 aromatic carbocycles. The van der Waals surface area contributed by atoms with Gasteiger partial charge in [0.05, 0.1) is 0 Å². The number of allylic oxidation sites excluding steroid dienone is 2. The first kappa shape index (κ1) is 12.5. The Hall–Kier alpha value is -0.560. The zero-order valence-electron chi connectivity index (χ0n) is 11.3. The summed E-state index contributed by atoms with van der Waals surface area (Å²) >= 11 is 0. The van der Waals surface area contributed by atoms with Crippen molar-refractivity contribution >= 4 is 0 Å². The van der Waals surface area contributed by atoms with Gasteiger partial charge in [0.15, 0.2) is 0 Å². The van der Waals surface area contributed by atoms with Gasteiger partial charge < -0.3 is 5.32 Å². The zero-order chi connectivity index (χ0) is 11.8. The van der Waals surface area contributed by atoms with E-state index in [0.29, 0.717) is 5.92 Å². The molecule has 0 aliphatic heterocycles. The lowest BCUT2D eigenvalue weighted by atomic mass is 9.99. The highest BCUT2D eigenvalue weighted by Crippen LogP contribution is 2.36. The van der Waals surface area contributed by atoms with Crippen LogP contribution in [0.3, 0.4) is 0 Å². The number of hydrogen-bond donors (Lipinski definition) is 1. The minimum Gasteiger partial charge on any atom is -0.308 e. The first-order chi connectivity index (χ1) is 6.74. The first-order valence-electron chi connectivity index (χ1n) is 5.86. The van der Waals surface area contributed by atoms with Gasteiger partial charge in [-0.05, 0) is 58.6 Å². The lowest BCUT2D eigenvalue weighted by Crippen LogP contribution is -2.37. The van der Waals surface area contributed by atoms with Crippen LogP contribution >= 0.6 is 0 Å². The summed E-state index contributed by atoms with van der Waals surface area (Å²) in [4.78, 5) is 0. The van der Waals surface area contributed by atoms with Crippen LogP contribution in [0.1, 0.15) is 48.5 Å². The minimum absolute atomic E-state index is 0.202. The average molecular weight is 207 g/mol. The molecule has 0 heterocycles. The monoisotopic (exact) mass is 207 g/mol. The maximum absolute atomic E-state index is 3.57. The fourth-order valence-electron chi connectivity index (χ4n) is 2.07. The number of nitrogens with one attached hydrogen (secondary N) is 1. The van der Waals surface area contributed by atoms with Crippen LogP contribution in [-0.4, -0.2) is 12.1 Å². The van der Waals surface area contributed by atoms with Gasteiger partial charge in [0.25, 0.3) is 0 Å². The van der Waals surface area contributed by atoms with E-state index in [1.54, 1.807) is 11.1 Å². The summed E-state index contributed by atoms with van der Waals surface area (Å²) in [5.41, 5.74) is 6.31. The van der Waals surface area contributed by atoms with Gasteiger partial charge in [0.2, 0.25) is 0 Å². The fraction of sp³-hybridized carbons (Fsp3) is 0.714. The molecule has 1 unspecified atom stereocenters. The Morgan fingerprint density at radius 2 is 1.60 bits per heavy atom. The Labute approximate surface area is 94.6 Å². The van der Waals surface area contributed by atoms with Crippen LogP contribution in [-0.2, 0) is 0 Å². The van der Waals surface area contributed by atoms with Gasteiger partial charge in [-0.3, -0.25) is 0 Å². The third-order valence-electron chi connectivity index (χ3n) is 3.61.